The van der Waals surface area contributed by atoms with Crippen molar-refractivity contribution >= 4 is 6.03 Å². The van der Waals surface area contributed by atoms with Crippen molar-refractivity contribution in [3.63, 3.8) is 0 Å². The molecule has 0 aliphatic heterocycles. The number of carbonyl (C=O) groups is 1. The van der Waals surface area contributed by atoms with Gasteiger partial charge in [0.15, 0.2) is 0 Å². The summed E-state index contributed by atoms with van der Waals surface area (Å²) < 4.78 is 1.96. The van der Waals surface area contributed by atoms with E-state index in [0.29, 0.717) is 6.54 Å². The summed E-state index contributed by atoms with van der Waals surface area (Å²) in [6, 6.07) is 10.4. The number of aromatic nitrogens is 2. The first-order valence-corrected chi connectivity index (χ1v) is 7.74. The molecule has 5 nitrogen and oxygen atoms in total. The molecule has 1 fully saturated rings. The zero-order chi connectivity index (χ0) is 15.4. The van der Waals surface area contributed by atoms with Crippen LogP contribution in [0.4, 0.5) is 4.79 Å². The third kappa shape index (κ3) is 3.47. The fourth-order valence-electron chi connectivity index (χ4n) is 2.79. The average molecular weight is 298 g/mol. The maximum absolute atomic E-state index is 12.0. The van der Waals surface area contributed by atoms with Gasteiger partial charge in [0.05, 0.1) is 6.33 Å². The lowest BCUT2D eigenvalue weighted by Gasteiger charge is -2.19. The first-order chi connectivity index (χ1) is 10.7. The van der Waals surface area contributed by atoms with E-state index in [0.717, 1.165) is 19.4 Å². The van der Waals surface area contributed by atoms with Gasteiger partial charge < -0.3 is 15.2 Å². The van der Waals surface area contributed by atoms with Crippen LogP contribution in [0.25, 0.3) is 0 Å². The summed E-state index contributed by atoms with van der Waals surface area (Å²) in [7, 11) is 0. The Labute approximate surface area is 130 Å². The highest BCUT2D eigenvalue weighted by atomic mass is 16.2. The summed E-state index contributed by atoms with van der Waals surface area (Å²) in [5, 5.41) is 5.99. The fraction of sp³-hybridized carbons (Fsp3) is 0.412. The minimum absolute atomic E-state index is 0.0566. The standard InChI is InChI=1S/C17H22N4O/c1-14(11-21-10-9-18-13-21)20-16(22)19-12-17(7-8-17)15-5-3-2-4-6-15/h2-6,9-10,13-14H,7-8,11-12H2,1H3,(H2,19,20,22)/t14-/m1/s1. The molecule has 1 aromatic carbocycles. The number of nitrogens with one attached hydrogen (secondary N) is 2. The number of benzene rings is 1. The number of amides is 2. The Balaban J connectivity index is 1.46. The molecule has 1 heterocycles. The van der Waals surface area contributed by atoms with E-state index in [2.05, 4.69) is 39.9 Å². The van der Waals surface area contributed by atoms with Gasteiger partial charge in [0.1, 0.15) is 0 Å². The lowest BCUT2D eigenvalue weighted by molar-refractivity contribution is 0.235. The quantitative estimate of drug-likeness (QED) is 0.859. The van der Waals surface area contributed by atoms with Crippen LogP contribution in [-0.2, 0) is 12.0 Å². The summed E-state index contributed by atoms with van der Waals surface area (Å²) in [5.74, 6) is 0. The van der Waals surface area contributed by atoms with Gasteiger partial charge in [-0.3, -0.25) is 0 Å². The van der Waals surface area contributed by atoms with Crippen molar-refractivity contribution in [1.29, 1.82) is 0 Å². The minimum Gasteiger partial charge on any atom is -0.337 e. The van der Waals surface area contributed by atoms with Crippen LogP contribution in [0, 0.1) is 0 Å². The smallest absolute Gasteiger partial charge is 0.315 e. The van der Waals surface area contributed by atoms with Crippen molar-refractivity contribution < 1.29 is 4.79 Å². The molecule has 1 aromatic heterocycles. The van der Waals surface area contributed by atoms with Crippen LogP contribution in [0.3, 0.4) is 0 Å². The van der Waals surface area contributed by atoms with Crippen molar-refractivity contribution in [2.75, 3.05) is 6.54 Å². The van der Waals surface area contributed by atoms with Crippen molar-refractivity contribution in [2.45, 2.75) is 37.8 Å². The molecule has 1 atom stereocenters. The van der Waals surface area contributed by atoms with Crippen molar-refractivity contribution in [3.05, 3.63) is 54.6 Å². The fourth-order valence-corrected chi connectivity index (χ4v) is 2.79. The van der Waals surface area contributed by atoms with Gasteiger partial charge in [0.25, 0.3) is 0 Å². The highest BCUT2D eigenvalue weighted by molar-refractivity contribution is 5.74. The second-order valence-corrected chi connectivity index (χ2v) is 6.13. The Hall–Kier alpha value is -2.30. The molecule has 1 aliphatic carbocycles. The van der Waals surface area contributed by atoms with E-state index in [1.807, 2.05) is 23.8 Å². The largest absolute Gasteiger partial charge is 0.337 e. The first kappa shape index (κ1) is 14.6. The van der Waals surface area contributed by atoms with Crippen molar-refractivity contribution in [3.8, 4) is 0 Å². The molecule has 2 amide bonds. The van der Waals surface area contributed by atoms with Gasteiger partial charge in [0, 0.05) is 36.9 Å². The molecule has 1 aliphatic rings. The molecule has 2 aromatic rings. The highest BCUT2D eigenvalue weighted by Gasteiger charge is 2.44. The lowest BCUT2D eigenvalue weighted by atomic mass is 9.96. The van der Waals surface area contributed by atoms with Crippen LogP contribution in [0.1, 0.15) is 25.3 Å². The number of hydrogen-bond donors (Lipinski definition) is 2. The summed E-state index contributed by atoms with van der Waals surface area (Å²) in [6.45, 7) is 3.40. The minimum atomic E-state index is -0.102. The Kier molecular flexibility index (Phi) is 4.13. The third-order valence-electron chi connectivity index (χ3n) is 4.25. The zero-order valence-corrected chi connectivity index (χ0v) is 12.8. The average Bonchev–Trinajstić information content (AvgIpc) is 3.16. The molecule has 0 spiro atoms. The molecule has 116 valence electrons. The summed E-state index contributed by atoms with van der Waals surface area (Å²) >= 11 is 0. The second-order valence-electron chi connectivity index (χ2n) is 6.13. The van der Waals surface area contributed by atoms with Crippen LogP contribution in [0.15, 0.2) is 49.1 Å². The molecule has 22 heavy (non-hydrogen) atoms. The highest BCUT2D eigenvalue weighted by Crippen LogP contribution is 2.47. The van der Waals surface area contributed by atoms with Crippen LogP contribution in [0.5, 0.6) is 0 Å². The topological polar surface area (TPSA) is 59.0 Å². The second kappa shape index (κ2) is 6.22. The van der Waals surface area contributed by atoms with Crippen LogP contribution in [-0.4, -0.2) is 28.2 Å². The Bertz CT molecular complexity index is 605. The third-order valence-corrected chi connectivity index (χ3v) is 4.25. The molecule has 3 rings (SSSR count). The molecule has 0 bridgehead atoms. The van der Waals surface area contributed by atoms with E-state index in [1.54, 1.807) is 12.5 Å². The number of carbonyl (C=O) groups excluding carboxylic acids is 1. The first-order valence-electron chi connectivity index (χ1n) is 7.74. The maximum atomic E-state index is 12.0. The normalized spacial score (nSPS) is 16.8. The number of nitrogens with zero attached hydrogens (tertiary/aromatic N) is 2. The van der Waals surface area contributed by atoms with E-state index < -0.39 is 0 Å². The zero-order valence-electron chi connectivity index (χ0n) is 12.8. The molecule has 1 saturated carbocycles. The number of hydrogen-bond acceptors (Lipinski definition) is 2. The molecule has 2 N–H and O–H groups in total. The molecular weight excluding hydrogens is 276 g/mol. The maximum Gasteiger partial charge on any atom is 0.315 e. The van der Waals surface area contributed by atoms with E-state index in [9.17, 15) is 4.79 Å². The van der Waals surface area contributed by atoms with Gasteiger partial charge >= 0.3 is 6.03 Å². The van der Waals surface area contributed by atoms with Gasteiger partial charge in [-0.2, -0.15) is 0 Å². The van der Waals surface area contributed by atoms with Crippen LogP contribution >= 0.6 is 0 Å². The monoisotopic (exact) mass is 298 g/mol. The van der Waals surface area contributed by atoms with Crippen LogP contribution < -0.4 is 10.6 Å². The van der Waals surface area contributed by atoms with Crippen LogP contribution in [0.2, 0.25) is 0 Å². The van der Waals surface area contributed by atoms with E-state index >= 15 is 0 Å². The van der Waals surface area contributed by atoms with Crippen molar-refractivity contribution in [1.82, 2.24) is 20.2 Å². The number of rotatable bonds is 6. The summed E-state index contributed by atoms with van der Waals surface area (Å²) in [5.41, 5.74) is 1.47. The molecule has 0 unspecified atom stereocenters. The van der Waals surface area contributed by atoms with E-state index in [-0.39, 0.29) is 17.5 Å². The Morgan fingerprint density at radius 2 is 2.14 bits per heavy atom. The SMILES string of the molecule is C[C@H](Cn1ccnc1)NC(=O)NCC1(c2ccccc2)CC1. The lowest BCUT2D eigenvalue weighted by Crippen LogP contribution is -2.44. The number of imidazole rings is 1. The molecule has 0 radical (unpaired) electrons. The van der Waals surface area contributed by atoms with Gasteiger partial charge in [-0.25, -0.2) is 9.78 Å². The van der Waals surface area contributed by atoms with E-state index in [4.69, 9.17) is 0 Å². The molecule has 0 saturated heterocycles. The molecular formula is C17H22N4O. The van der Waals surface area contributed by atoms with Gasteiger partial charge in [-0.15, -0.1) is 0 Å². The van der Waals surface area contributed by atoms with Crippen molar-refractivity contribution in [2.24, 2.45) is 0 Å². The van der Waals surface area contributed by atoms with Gasteiger partial charge in [0.2, 0.25) is 0 Å². The summed E-state index contributed by atoms with van der Waals surface area (Å²) in [4.78, 5) is 16.0. The van der Waals surface area contributed by atoms with Gasteiger partial charge in [-0.05, 0) is 25.3 Å². The predicted molar refractivity (Wildman–Crippen MR) is 85.6 cm³/mol. The van der Waals surface area contributed by atoms with E-state index in [1.165, 1.54) is 5.56 Å². The molecule has 5 heteroatoms. The number of urea groups is 1. The summed E-state index contributed by atoms with van der Waals surface area (Å²) in [6.07, 6.45) is 7.67. The predicted octanol–water partition coefficient (Wildman–Crippen LogP) is 2.30. The Morgan fingerprint density at radius 1 is 1.36 bits per heavy atom. The van der Waals surface area contributed by atoms with Gasteiger partial charge in [-0.1, -0.05) is 30.3 Å². The Morgan fingerprint density at radius 3 is 2.77 bits per heavy atom.